The lowest BCUT2D eigenvalue weighted by molar-refractivity contribution is 0.305. The molecular formula is C13H8BrCl2FO. The molecule has 5 heteroatoms. The van der Waals surface area contributed by atoms with E-state index in [0.29, 0.717) is 20.3 Å². The van der Waals surface area contributed by atoms with Crippen molar-refractivity contribution in [1.29, 1.82) is 0 Å². The van der Waals surface area contributed by atoms with E-state index in [1.807, 2.05) is 0 Å². The summed E-state index contributed by atoms with van der Waals surface area (Å²) < 4.78 is 19.1. The van der Waals surface area contributed by atoms with Gasteiger partial charge >= 0.3 is 0 Å². The molecule has 94 valence electrons. The first-order valence-corrected chi connectivity index (χ1v) is 6.63. The molecule has 2 aromatic rings. The maximum Gasteiger partial charge on any atom is 0.139 e. The highest BCUT2D eigenvalue weighted by Crippen LogP contribution is 2.29. The van der Waals surface area contributed by atoms with Gasteiger partial charge in [0.25, 0.3) is 0 Å². The second-order valence-corrected chi connectivity index (χ2v) is 5.30. The largest absolute Gasteiger partial charge is 0.487 e. The third-order valence-corrected chi connectivity index (χ3v) is 3.58. The SMILES string of the molecule is Fc1ccc(COc2cc(Cl)ccc2Cl)c(Br)c1. The molecule has 0 amide bonds. The maximum absolute atomic E-state index is 12.9. The highest BCUT2D eigenvalue weighted by atomic mass is 79.9. The van der Waals surface area contributed by atoms with Gasteiger partial charge in [0.1, 0.15) is 18.2 Å². The van der Waals surface area contributed by atoms with Crippen LogP contribution in [0.3, 0.4) is 0 Å². The van der Waals surface area contributed by atoms with Crippen LogP contribution in [0.4, 0.5) is 4.39 Å². The van der Waals surface area contributed by atoms with Crippen LogP contribution in [0, 0.1) is 5.82 Å². The molecule has 0 aliphatic heterocycles. The van der Waals surface area contributed by atoms with Crippen molar-refractivity contribution in [3.63, 3.8) is 0 Å². The fraction of sp³-hybridized carbons (Fsp3) is 0.0769. The Morgan fingerprint density at radius 3 is 2.61 bits per heavy atom. The van der Waals surface area contributed by atoms with Crippen molar-refractivity contribution in [2.45, 2.75) is 6.61 Å². The van der Waals surface area contributed by atoms with E-state index in [2.05, 4.69) is 15.9 Å². The smallest absolute Gasteiger partial charge is 0.139 e. The van der Waals surface area contributed by atoms with E-state index in [0.717, 1.165) is 5.56 Å². The lowest BCUT2D eigenvalue weighted by Crippen LogP contribution is -1.97. The zero-order valence-electron chi connectivity index (χ0n) is 9.09. The van der Waals surface area contributed by atoms with Gasteiger partial charge in [-0.2, -0.15) is 0 Å². The molecule has 0 atom stereocenters. The molecule has 0 N–H and O–H groups in total. The first kappa shape index (κ1) is 13.7. The predicted octanol–water partition coefficient (Wildman–Crippen LogP) is 5.47. The molecule has 0 saturated heterocycles. The quantitative estimate of drug-likeness (QED) is 0.713. The van der Waals surface area contributed by atoms with Gasteiger partial charge in [-0.1, -0.05) is 45.2 Å². The molecular weight excluding hydrogens is 342 g/mol. The third-order valence-electron chi connectivity index (χ3n) is 2.29. The standard InChI is InChI=1S/C13H8BrCl2FO/c14-11-6-10(17)3-1-8(11)7-18-13-5-9(15)2-4-12(13)16/h1-6H,7H2. The van der Waals surface area contributed by atoms with Gasteiger partial charge in [-0.15, -0.1) is 0 Å². The van der Waals surface area contributed by atoms with E-state index < -0.39 is 0 Å². The minimum atomic E-state index is -0.300. The summed E-state index contributed by atoms with van der Waals surface area (Å²) in [6, 6.07) is 9.41. The van der Waals surface area contributed by atoms with Crippen molar-refractivity contribution in [3.8, 4) is 5.75 Å². The Labute approximate surface area is 123 Å². The number of halogens is 4. The van der Waals surface area contributed by atoms with Crippen molar-refractivity contribution in [2.75, 3.05) is 0 Å². The van der Waals surface area contributed by atoms with Crippen LogP contribution in [0.15, 0.2) is 40.9 Å². The van der Waals surface area contributed by atoms with E-state index in [9.17, 15) is 4.39 Å². The molecule has 0 heterocycles. The molecule has 0 radical (unpaired) electrons. The van der Waals surface area contributed by atoms with Gasteiger partial charge in [0.15, 0.2) is 0 Å². The first-order valence-electron chi connectivity index (χ1n) is 5.08. The van der Waals surface area contributed by atoms with Crippen molar-refractivity contribution >= 4 is 39.1 Å². The van der Waals surface area contributed by atoms with Crippen molar-refractivity contribution in [3.05, 3.63) is 62.3 Å². The summed E-state index contributed by atoms with van der Waals surface area (Å²) in [6.07, 6.45) is 0. The average molecular weight is 350 g/mol. The Hall–Kier alpha value is -0.770. The molecule has 0 saturated carbocycles. The third kappa shape index (κ3) is 3.37. The van der Waals surface area contributed by atoms with Crippen LogP contribution >= 0.6 is 39.1 Å². The molecule has 1 nitrogen and oxygen atoms in total. The molecule has 2 rings (SSSR count). The molecule has 0 aliphatic carbocycles. The van der Waals surface area contributed by atoms with Crippen LogP contribution in [0.1, 0.15) is 5.56 Å². The van der Waals surface area contributed by atoms with Gasteiger partial charge in [-0.3, -0.25) is 0 Å². The Kier molecular flexibility index (Phi) is 4.49. The normalized spacial score (nSPS) is 10.4. The zero-order chi connectivity index (χ0) is 13.1. The van der Waals surface area contributed by atoms with E-state index in [1.54, 1.807) is 24.3 Å². The van der Waals surface area contributed by atoms with Gasteiger partial charge < -0.3 is 4.74 Å². The fourth-order valence-corrected chi connectivity index (χ4v) is 2.18. The molecule has 2 aromatic carbocycles. The van der Waals surface area contributed by atoms with E-state index in [-0.39, 0.29) is 12.4 Å². The van der Waals surface area contributed by atoms with E-state index in [4.69, 9.17) is 27.9 Å². The lowest BCUT2D eigenvalue weighted by atomic mass is 10.2. The van der Waals surface area contributed by atoms with Gasteiger partial charge in [-0.05, 0) is 24.3 Å². The molecule has 0 spiro atoms. The van der Waals surface area contributed by atoms with Crippen LogP contribution in [0.5, 0.6) is 5.75 Å². The summed E-state index contributed by atoms with van der Waals surface area (Å²) in [5, 5.41) is 1.03. The van der Waals surface area contributed by atoms with Crippen LogP contribution in [-0.2, 0) is 6.61 Å². The zero-order valence-corrected chi connectivity index (χ0v) is 12.2. The summed E-state index contributed by atoms with van der Waals surface area (Å²) in [5.41, 5.74) is 0.826. The Morgan fingerprint density at radius 2 is 1.89 bits per heavy atom. The van der Waals surface area contributed by atoms with Gasteiger partial charge in [0.05, 0.1) is 5.02 Å². The van der Waals surface area contributed by atoms with Crippen LogP contribution in [0.2, 0.25) is 10.0 Å². The number of rotatable bonds is 3. The lowest BCUT2D eigenvalue weighted by Gasteiger charge is -2.09. The van der Waals surface area contributed by atoms with Crippen molar-refractivity contribution in [2.24, 2.45) is 0 Å². The number of hydrogen-bond acceptors (Lipinski definition) is 1. The van der Waals surface area contributed by atoms with Crippen LogP contribution in [0.25, 0.3) is 0 Å². The number of ether oxygens (including phenoxy) is 1. The van der Waals surface area contributed by atoms with Crippen LogP contribution < -0.4 is 4.74 Å². The predicted molar refractivity (Wildman–Crippen MR) is 74.9 cm³/mol. The van der Waals surface area contributed by atoms with Gasteiger partial charge in [-0.25, -0.2) is 4.39 Å². The topological polar surface area (TPSA) is 9.23 Å². The summed E-state index contributed by atoms with van der Waals surface area (Å²) in [5.74, 6) is 0.201. The maximum atomic E-state index is 12.9. The van der Waals surface area contributed by atoms with Crippen molar-refractivity contribution < 1.29 is 9.13 Å². The summed E-state index contributed by atoms with van der Waals surface area (Å²) in [4.78, 5) is 0. The van der Waals surface area contributed by atoms with Gasteiger partial charge in [0.2, 0.25) is 0 Å². The summed E-state index contributed by atoms with van der Waals surface area (Å²) >= 11 is 15.1. The molecule has 0 aliphatic rings. The highest BCUT2D eigenvalue weighted by Gasteiger charge is 2.06. The summed E-state index contributed by atoms with van der Waals surface area (Å²) in [7, 11) is 0. The molecule has 0 unspecified atom stereocenters. The molecule has 0 fully saturated rings. The Balaban J connectivity index is 2.13. The minimum Gasteiger partial charge on any atom is -0.487 e. The molecule has 0 aromatic heterocycles. The average Bonchev–Trinajstić information content (AvgIpc) is 2.32. The van der Waals surface area contributed by atoms with Gasteiger partial charge in [0, 0.05) is 21.1 Å². The number of benzene rings is 2. The van der Waals surface area contributed by atoms with Crippen LogP contribution in [-0.4, -0.2) is 0 Å². The van der Waals surface area contributed by atoms with Crippen molar-refractivity contribution in [1.82, 2.24) is 0 Å². The minimum absolute atomic E-state index is 0.279. The van der Waals surface area contributed by atoms with E-state index in [1.165, 1.54) is 12.1 Å². The monoisotopic (exact) mass is 348 g/mol. The Bertz CT molecular complexity index is 575. The number of hydrogen-bond donors (Lipinski definition) is 0. The second-order valence-electron chi connectivity index (χ2n) is 3.60. The van der Waals surface area contributed by atoms with E-state index >= 15 is 0 Å². The highest BCUT2D eigenvalue weighted by molar-refractivity contribution is 9.10. The second kappa shape index (κ2) is 5.91. The fourth-order valence-electron chi connectivity index (χ4n) is 1.38. The molecule has 18 heavy (non-hydrogen) atoms. The summed E-state index contributed by atoms with van der Waals surface area (Å²) in [6.45, 7) is 0.279. The Morgan fingerprint density at radius 1 is 1.11 bits per heavy atom. The first-order chi connectivity index (χ1) is 8.56. The molecule has 0 bridgehead atoms.